The van der Waals surface area contributed by atoms with Gasteiger partial charge in [-0.25, -0.2) is 0 Å². The number of anilines is 2. The van der Waals surface area contributed by atoms with Crippen LogP contribution in [0.15, 0.2) is 5.16 Å². The second kappa shape index (κ2) is 9.68. The highest BCUT2D eigenvalue weighted by Gasteiger charge is 2.11. The summed E-state index contributed by atoms with van der Waals surface area (Å²) in [6.45, 7) is 5.39. The lowest BCUT2D eigenvalue weighted by atomic mass is 10.2. The first-order valence-corrected chi connectivity index (χ1v) is 7.72. The zero-order chi connectivity index (χ0) is 14.8. The van der Waals surface area contributed by atoms with Crippen LogP contribution in [0.5, 0.6) is 0 Å². The molecular formula is C12H21F2N5S. The van der Waals surface area contributed by atoms with E-state index in [1.54, 1.807) is 0 Å². The molecule has 1 heterocycles. The lowest BCUT2D eigenvalue weighted by Crippen LogP contribution is -2.11. The van der Waals surface area contributed by atoms with Gasteiger partial charge in [0.1, 0.15) is 0 Å². The van der Waals surface area contributed by atoms with Crippen LogP contribution in [0.25, 0.3) is 0 Å². The van der Waals surface area contributed by atoms with Gasteiger partial charge in [-0.15, -0.1) is 0 Å². The fourth-order valence-corrected chi connectivity index (χ4v) is 1.99. The molecule has 0 saturated heterocycles. The first kappa shape index (κ1) is 16.9. The SMILES string of the molecule is CCCCCCNc1nc(NCC)nc(SC(F)F)n1. The molecule has 1 rings (SSSR count). The van der Waals surface area contributed by atoms with Gasteiger partial charge in [0.05, 0.1) is 0 Å². The number of hydrogen-bond acceptors (Lipinski definition) is 6. The molecule has 5 nitrogen and oxygen atoms in total. The molecule has 0 saturated carbocycles. The van der Waals surface area contributed by atoms with Crippen molar-refractivity contribution >= 4 is 23.7 Å². The predicted molar refractivity (Wildman–Crippen MR) is 78.5 cm³/mol. The average molecular weight is 305 g/mol. The number of aromatic nitrogens is 3. The summed E-state index contributed by atoms with van der Waals surface area (Å²) in [7, 11) is 0. The van der Waals surface area contributed by atoms with Crippen LogP contribution in [-0.2, 0) is 0 Å². The normalized spacial score (nSPS) is 10.8. The van der Waals surface area contributed by atoms with Gasteiger partial charge < -0.3 is 10.6 Å². The van der Waals surface area contributed by atoms with Crippen molar-refractivity contribution in [3.8, 4) is 0 Å². The van der Waals surface area contributed by atoms with Gasteiger partial charge in [0.15, 0.2) is 5.16 Å². The van der Waals surface area contributed by atoms with Crippen LogP contribution in [-0.4, -0.2) is 33.8 Å². The highest BCUT2D eigenvalue weighted by atomic mass is 32.2. The molecule has 0 atom stereocenters. The van der Waals surface area contributed by atoms with E-state index in [4.69, 9.17) is 0 Å². The summed E-state index contributed by atoms with van der Waals surface area (Å²) in [4.78, 5) is 12.1. The lowest BCUT2D eigenvalue weighted by molar-refractivity contribution is 0.251. The quantitative estimate of drug-likeness (QED) is 0.508. The number of hydrogen-bond donors (Lipinski definition) is 2. The monoisotopic (exact) mass is 305 g/mol. The maximum absolute atomic E-state index is 12.4. The molecule has 2 N–H and O–H groups in total. The van der Waals surface area contributed by atoms with E-state index < -0.39 is 5.76 Å². The number of unbranched alkanes of at least 4 members (excludes halogenated alkanes) is 3. The third kappa shape index (κ3) is 6.83. The van der Waals surface area contributed by atoms with E-state index in [0.717, 1.165) is 19.4 Å². The number of rotatable bonds is 10. The Morgan fingerprint density at radius 1 is 1.00 bits per heavy atom. The average Bonchev–Trinajstić information content (AvgIpc) is 2.38. The minimum atomic E-state index is -2.54. The third-order valence-electron chi connectivity index (χ3n) is 2.46. The first-order valence-electron chi connectivity index (χ1n) is 6.84. The number of alkyl halides is 2. The molecule has 0 fully saturated rings. The summed E-state index contributed by atoms with van der Waals surface area (Å²) in [5, 5.41) is 6.00. The summed E-state index contributed by atoms with van der Waals surface area (Å²) in [5.74, 6) is -1.87. The van der Waals surface area contributed by atoms with Gasteiger partial charge in [0.25, 0.3) is 5.76 Å². The number of thioether (sulfide) groups is 1. The van der Waals surface area contributed by atoms with E-state index in [1.807, 2.05) is 6.92 Å². The maximum Gasteiger partial charge on any atom is 0.291 e. The van der Waals surface area contributed by atoms with Crippen molar-refractivity contribution < 1.29 is 8.78 Å². The smallest absolute Gasteiger partial charge is 0.291 e. The van der Waals surface area contributed by atoms with Crippen LogP contribution < -0.4 is 10.6 Å². The number of nitrogens with zero attached hydrogens (tertiary/aromatic N) is 3. The van der Waals surface area contributed by atoms with E-state index in [1.165, 1.54) is 12.8 Å². The maximum atomic E-state index is 12.4. The third-order valence-corrected chi connectivity index (χ3v) is 3.03. The molecule has 0 aliphatic rings. The largest absolute Gasteiger partial charge is 0.354 e. The molecule has 20 heavy (non-hydrogen) atoms. The molecule has 0 aliphatic heterocycles. The molecule has 8 heteroatoms. The molecule has 0 unspecified atom stereocenters. The summed E-state index contributed by atoms with van der Waals surface area (Å²) in [6, 6.07) is 0. The van der Waals surface area contributed by atoms with E-state index in [2.05, 4.69) is 32.5 Å². The molecule has 0 bridgehead atoms. The molecule has 0 aliphatic carbocycles. The highest BCUT2D eigenvalue weighted by molar-refractivity contribution is 7.99. The lowest BCUT2D eigenvalue weighted by Gasteiger charge is -2.08. The Labute approximate surface area is 122 Å². The number of nitrogens with one attached hydrogen (secondary N) is 2. The Bertz CT molecular complexity index is 392. The molecule has 0 radical (unpaired) electrons. The highest BCUT2D eigenvalue weighted by Crippen LogP contribution is 2.23. The molecular weight excluding hydrogens is 284 g/mol. The van der Waals surface area contributed by atoms with Crippen LogP contribution in [0.1, 0.15) is 39.5 Å². The summed E-state index contributed by atoms with van der Waals surface area (Å²) < 4.78 is 24.8. The van der Waals surface area contributed by atoms with Crippen molar-refractivity contribution in [2.24, 2.45) is 0 Å². The van der Waals surface area contributed by atoms with Crippen LogP contribution >= 0.6 is 11.8 Å². The second-order valence-corrected chi connectivity index (χ2v) is 5.12. The van der Waals surface area contributed by atoms with Crippen molar-refractivity contribution in [2.75, 3.05) is 23.7 Å². The van der Waals surface area contributed by atoms with Gasteiger partial charge >= 0.3 is 0 Å². The zero-order valence-electron chi connectivity index (χ0n) is 11.8. The van der Waals surface area contributed by atoms with E-state index in [0.29, 0.717) is 30.2 Å². The zero-order valence-corrected chi connectivity index (χ0v) is 12.6. The second-order valence-electron chi connectivity index (χ2n) is 4.16. The van der Waals surface area contributed by atoms with E-state index in [9.17, 15) is 8.78 Å². The summed E-state index contributed by atoms with van der Waals surface area (Å²) >= 11 is 0.324. The minimum Gasteiger partial charge on any atom is -0.354 e. The van der Waals surface area contributed by atoms with E-state index >= 15 is 0 Å². The molecule has 1 aromatic heterocycles. The topological polar surface area (TPSA) is 62.7 Å². The minimum absolute atomic E-state index is 0.0296. The molecule has 0 amide bonds. The van der Waals surface area contributed by atoms with Crippen LogP contribution in [0.4, 0.5) is 20.7 Å². The predicted octanol–water partition coefficient (Wildman–Crippen LogP) is 3.61. The van der Waals surface area contributed by atoms with Gasteiger partial charge in [0, 0.05) is 13.1 Å². The van der Waals surface area contributed by atoms with Gasteiger partial charge in [0.2, 0.25) is 11.9 Å². The first-order chi connectivity index (χ1) is 9.65. The van der Waals surface area contributed by atoms with E-state index in [-0.39, 0.29) is 5.16 Å². The van der Waals surface area contributed by atoms with Gasteiger partial charge in [-0.1, -0.05) is 26.2 Å². The van der Waals surface area contributed by atoms with Gasteiger partial charge in [-0.05, 0) is 25.1 Å². The van der Waals surface area contributed by atoms with Crippen molar-refractivity contribution in [2.45, 2.75) is 50.4 Å². The number of halogens is 2. The van der Waals surface area contributed by atoms with Crippen molar-refractivity contribution in [1.29, 1.82) is 0 Å². The Balaban J connectivity index is 2.60. The fraction of sp³-hybridized carbons (Fsp3) is 0.750. The molecule has 114 valence electrons. The summed E-state index contributed by atoms with van der Waals surface area (Å²) in [5.41, 5.74) is 0. The van der Waals surface area contributed by atoms with Crippen molar-refractivity contribution in [3.05, 3.63) is 0 Å². The molecule has 1 aromatic rings. The standard InChI is InChI=1S/C12H21F2N5S/c1-3-5-6-7-8-16-11-17-10(15-4-2)18-12(19-11)20-9(13)14/h9H,3-8H2,1-2H3,(H2,15,16,17,18,19). The van der Waals surface area contributed by atoms with Gasteiger partial charge in [-0.2, -0.15) is 23.7 Å². The van der Waals surface area contributed by atoms with Crippen LogP contribution in [0.2, 0.25) is 0 Å². The molecule has 0 spiro atoms. The Morgan fingerprint density at radius 2 is 1.70 bits per heavy atom. The van der Waals surface area contributed by atoms with Crippen molar-refractivity contribution in [3.63, 3.8) is 0 Å². The Morgan fingerprint density at radius 3 is 2.30 bits per heavy atom. The van der Waals surface area contributed by atoms with Crippen LogP contribution in [0.3, 0.4) is 0 Å². The molecule has 0 aromatic carbocycles. The Kier molecular flexibility index (Phi) is 8.17. The Hall–Kier alpha value is -1.18. The van der Waals surface area contributed by atoms with Gasteiger partial charge in [-0.3, -0.25) is 0 Å². The van der Waals surface area contributed by atoms with Crippen molar-refractivity contribution in [1.82, 2.24) is 15.0 Å². The fourth-order valence-electron chi connectivity index (χ4n) is 1.56. The summed E-state index contributed by atoms with van der Waals surface area (Å²) in [6.07, 6.45) is 4.50. The van der Waals surface area contributed by atoms with Crippen LogP contribution in [0, 0.1) is 0 Å².